The smallest absolute Gasteiger partial charge is 0.156 e. The van der Waals surface area contributed by atoms with Gasteiger partial charge in [0.2, 0.25) is 0 Å². The van der Waals surface area contributed by atoms with Crippen molar-refractivity contribution in [3.8, 4) is 6.07 Å². The molecule has 0 amide bonds. The Bertz CT molecular complexity index is 243. The van der Waals surface area contributed by atoms with Gasteiger partial charge in [-0.3, -0.25) is 0 Å². The molecule has 1 rings (SSSR count). The van der Waals surface area contributed by atoms with Gasteiger partial charge in [0.1, 0.15) is 5.41 Å². The lowest BCUT2D eigenvalue weighted by Gasteiger charge is -2.08. The lowest BCUT2D eigenvalue weighted by atomic mass is 9.93. The monoisotopic (exact) mass is 136 g/mol. The zero-order valence-corrected chi connectivity index (χ0v) is 5.96. The molecule has 0 saturated heterocycles. The van der Waals surface area contributed by atoms with Gasteiger partial charge in [-0.2, -0.15) is 5.26 Å². The van der Waals surface area contributed by atoms with E-state index in [1.807, 2.05) is 0 Å². The largest absolute Gasteiger partial charge is 0.360 e. The van der Waals surface area contributed by atoms with Crippen LogP contribution in [-0.4, -0.2) is 5.16 Å². The molecule has 52 valence electrons. The Labute approximate surface area is 59.2 Å². The van der Waals surface area contributed by atoms with Crippen LogP contribution in [0.5, 0.6) is 0 Å². The molecule has 0 unspecified atom stereocenters. The Kier molecular flexibility index (Phi) is 1.46. The van der Waals surface area contributed by atoms with E-state index in [0.29, 0.717) is 5.76 Å². The van der Waals surface area contributed by atoms with Crippen molar-refractivity contribution >= 4 is 0 Å². The standard InChI is InChI=1S/C7H8N2O/c1-7(2,5-8)6-3-4-9-10-6/h3-4H,1-2H3. The van der Waals surface area contributed by atoms with E-state index in [1.165, 1.54) is 6.20 Å². The molecule has 3 heteroatoms. The van der Waals surface area contributed by atoms with E-state index in [-0.39, 0.29) is 0 Å². The van der Waals surface area contributed by atoms with Crippen LogP contribution in [0, 0.1) is 11.3 Å². The molecule has 3 nitrogen and oxygen atoms in total. The van der Waals surface area contributed by atoms with E-state index in [0.717, 1.165) is 0 Å². The maximum atomic E-state index is 8.63. The highest BCUT2D eigenvalue weighted by Crippen LogP contribution is 2.20. The molecule has 0 saturated carbocycles. The molecule has 10 heavy (non-hydrogen) atoms. The molecular formula is C7H8N2O. The number of hydrogen-bond acceptors (Lipinski definition) is 3. The maximum absolute atomic E-state index is 8.63. The first-order valence-electron chi connectivity index (χ1n) is 2.99. The Hall–Kier alpha value is -1.30. The normalized spacial score (nSPS) is 10.9. The van der Waals surface area contributed by atoms with Crippen LogP contribution in [0.2, 0.25) is 0 Å². The molecule has 0 fully saturated rings. The summed E-state index contributed by atoms with van der Waals surface area (Å²) in [7, 11) is 0. The van der Waals surface area contributed by atoms with Crippen LogP contribution >= 0.6 is 0 Å². The van der Waals surface area contributed by atoms with E-state index in [4.69, 9.17) is 9.78 Å². The van der Waals surface area contributed by atoms with Crippen molar-refractivity contribution in [3.05, 3.63) is 18.0 Å². The van der Waals surface area contributed by atoms with Crippen LogP contribution in [0.3, 0.4) is 0 Å². The van der Waals surface area contributed by atoms with Crippen LogP contribution in [0.4, 0.5) is 0 Å². The fourth-order valence-corrected chi connectivity index (χ4v) is 0.593. The van der Waals surface area contributed by atoms with E-state index in [2.05, 4.69) is 11.2 Å². The number of nitriles is 1. The molecule has 0 radical (unpaired) electrons. The molecule has 0 aliphatic heterocycles. The van der Waals surface area contributed by atoms with Crippen LogP contribution in [0.1, 0.15) is 19.6 Å². The van der Waals surface area contributed by atoms with Gasteiger partial charge in [-0.15, -0.1) is 0 Å². The van der Waals surface area contributed by atoms with Gasteiger partial charge < -0.3 is 4.52 Å². The Morgan fingerprint density at radius 3 is 2.80 bits per heavy atom. The highest BCUT2D eigenvalue weighted by Gasteiger charge is 2.23. The molecule has 0 bridgehead atoms. The molecule has 1 heterocycles. The highest BCUT2D eigenvalue weighted by molar-refractivity contribution is 5.18. The summed E-state index contributed by atoms with van der Waals surface area (Å²) in [4.78, 5) is 0. The SMILES string of the molecule is CC(C)(C#N)c1ccno1. The second kappa shape index (κ2) is 2.14. The van der Waals surface area contributed by atoms with Crippen molar-refractivity contribution in [2.24, 2.45) is 0 Å². The third-order valence-corrected chi connectivity index (χ3v) is 1.33. The van der Waals surface area contributed by atoms with Crippen molar-refractivity contribution in [2.75, 3.05) is 0 Å². The Morgan fingerprint density at radius 2 is 2.40 bits per heavy atom. The van der Waals surface area contributed by atoms with E-state index in [1.54, 1.807) is 19.9 Å². The zero-order valence-electron chi connectivity index (χ0n) is 5.96. The van der Waals surface area contributed by atoms with Gasteiger partial charge in [0.15, 0.2) is 5.76 Å². The summed E-state index contributed by atoms with van der Waals surface area (Å²) in [5.41, 5.74) is -0.559. The van der Waals surface area contributed by atoms with Gasteiger partial charge in [-0.1, -0.05) is 5.16 Å². The maximum Gasteiger partial charge on any atom is 0.156 e. The minimum Gasteiger partial charge on any atom is -0.360 e. The third-order valence-electron chi connectivity index (χ3n) is 1.33. The van der Waals surface area contributed by atoms with Crippen molar-refractivity contribution in [2.45, 2.75) is 19.3 Å². The van der Waals surface area contributed by atoms with Crippen molar-refractivity contribution in [3.63, 3.8) is 0 Å². The Balaban J connectivity index is 2.99. The second-order valence-corrected chi connectivity index (χ2v) is 2.61. The fraction of sp³-hybridized carbons (Fsp3) is 0.429. The molecule has 0 spiro atoms. The molecule has 1 aromatic heterocycles. The lowest BCUT2D eigenvalue weighted by molar-refractivity contribution is 0.348. The third kappa shape index (κ3) is 1.01. The first-order chi connectivity index (χ1) is 4.67. The lowest BCUT2D eigenvalue weighted by Crippen LogP contribution is -2.12. The van der Waals surface area contributed by atoms with Crippen molar-refractivity contribution < 1.29 is 4.52 Å². The molecule has 0 N–H and O–H groups in total. The van der Waals surface area contributed by atoms with E-state index >= 15 is 0 Å². The van der Waals surface area contributed by atoms with Crippen LogP contribution < -0.4 is 0 Å². The van der Waals surface area contributed by atoms with Crippen LogP contribution in [-0.2, 0) is 5.41 Å². The number of aromatic nitrogens is 1. The number of rotatable bonds is 1. The molecular weight excluding hydrogens is 128 g/mol. The first kappa shape index (κ1) is 6.81. The molecule has 0 atom stereocenters. The summed E-state index contributed by atoms with van der Waals surface area (Å²) in [5.74, 6) is 0.606. The van der Waals surface area contributed by atoms with Gasteiger partial charge in [0.25, 0.3) is 0 Å². The predicted molar refractivity (Wildman–Crippen MR) is 35.1 cm³/mol. The van der Waals surface area contributed by atoms with Gasteiger partial charge in [0, 0.05) is 6.07 Å². The van der Waals surface area contributed by atoms with Gasteiger partial charge in [-0.05, 0) is 13.8 Å². The van der Waals surface area contributed by atoms with Crippen LogP contribution in [0.15, 0.2) is 16.8 Å². The fourth-order valence-electron chi connectivity index (χ4n) is 0.593. The second-order valence-electron chi connectivity index (χ2n) is 2.61. The summed E-state index contributed by atoms with van der Waals surface area (Å²) in [6, 6.07) is 3.81. The summed E-state index contributed by atoms with van der Waals surface area (Å²) in [5, 5.41) is 12.1. The molecule has 0 aromatic carbocycles. The molecule has 0 aliphatic carbocycles. The topological polar surface area (TPSA) is 49.8 Å². The highest BCUT2D eigenvalue weighted by atomic mass is 16.5. The average molecular weight is 136 g/mol. The molecule has 1 aromatic rings. The van der Waals surface area contributed by atoms with Gasteiger partial charge in [-0.25, -0.2) is 0 Å². The number of hydrogen-bond donors (Lipinski definition) is 0. The molecule has 0 aliphatic rings. The quantitative estimate of drug-likeness (QED) is 0.587. The van der Waals surface area contributed by atoms with Gasteiger partial charge in [0.05, 0.1) is 12.3 Å². The van der Waals surface area contributed by atoms with Crippen molar-refractivity contribution in [1.29, 1.82) is 5.26 Å². The van der Waals surface area contributed by atoms with E-state index in [9.17, 15) is 0 Å². The van der Waals surface area contributed by atoms with Gasteiger partial charge >= 0.3 is 0 Å². The minimum atomic E-state index is -0.559. The number of nitrogens with zero attached hydrogens (tertiary/aromatic N) is 2. The predicted octanol–water partition coefficient (Wildman–Crippen LogP) is 1.48. The average Bonchev–Trinajstić information content (AvgIpc) is 2.38. The summed E-state index contributed by atoms with van der Waals surface area (Å²) in [6.45, 7) is 3.57. The summed E-state index contributed by atoms with van der Waals surface area (Å²) in [6.07, 6.45) is 1.54. The summed E-state index contributed by atoms with van der Waals surface area (Å²) < 4.78 is 4.82. The first-order valence-corrected chi connectivity index (χ1v) is 2.99. The van der Waals surface area contributed by atoms with E-state index < -0.39 is 5.41 Å². The minimum absolute atomic E-state index is 0.559. The zero-order chi connectivity index (χ0) is 7.61. The van der Waals surface area contributed by atoms with Crippen molar-refractivity contribution in [1.82, 2.24) is 5.16 Å². The van der Waals surface area contributed by atoms with Crippen LogP contribution in [0.25, 0.3) is 0 Å². The Morgan fingerprint density at radius 1 is 1.70 bits per heavy atom. The summed E-state index contributed by atoms with van der Waals surface area (Å²) >= 11 is 0.